The van der Waals surface area contributed by atoms with E-state index in [4.69, 9.17) is 13.8 Å². The van der Waals surface area contributed by atoms with Crippen molar-refractivity contribution in [3.8, 4) is 35.3 Å². The van der Waals surface area contributed by atoms with Gasteiger partial charge in [-0.2, -0.15) is 9.97 Å². The predicted molar refractivity (Wildman–Crippen MR) is 160 cm³/mol. The maximum atomic E-state index is 16.9. The predicted octanol–water partition coefficient (Wildman–Crippen LogP) is 4.71. The summed E-state index contributed by atoms with van der Waals surface area (Å²) in [4.78, 5) is 17.4. The molecule has 7 heterocycles. The molecule has 2 N–H and O–H groups in total. The number of nitrogens with one attached hydrogen (secondary N) is 1. The number of benzene rings is 2. The number of fused-ring (bicyclic) bond motifs is 6. The highest BCUT2D eigenvalue weighted by Gasteiger charge is 2.49. The van der Waals surface area contributed by atoms with E-state index in [0.717, 1.165) is 19.4 Å². The largest absolute Gasteiger partial charge is 0.508 e. The quantitative estimate of drug-likeness (QED) is 0.318. The molecule has 0 aliphatic carbocycles. The summed E-state index contributed by atoms with van der Waals surface area (Å²) in [6, 6.07) is 5.48. The van der Waals surface area contributed by atoms with Gasteiger partial charge in [0.15, 0.2) is 5.82 Å². The lowest BCUT2D eigenvalue weighted by Gasteiger charge is -2.46. The first-order valence-electron chi connectivity index (χ1n) is 16.4. The molecule has 44 heavy (non-hydrogen) atoms. The zero-order valence-corrected chi connectivity index (χ0v) is 23.7. The van der Waals surface area contributed by atoms with Gasteiger partial charge >= 0.3 is 6.01 Å². The summed E-state index contributed by atoms with van der Waals surface area (Å²) in [6.07, 6.45) is 4.90. The lowest BCUT2D eigenvalue weighted by molar-refractivity contribution is 0.107. The average molecular weight is 604 g/mol. The first kappa shape index (κ1) is 24.2. The number of phenols is 1. The van der Waals surface area contributed by atoms with Gasteiger partial charge in [0, 0.05) is 58.0 Å². The van der Waals surface area contributed by atoms with E-state index in [1.807, 2.05) is 6.40 Å². The topological polar surface area (TPSA) is 86.6 Å². The smallest absolute Gasteiger partial charge is 0.319 e. The number of halogens is 3. The van der Waals surface area contributed by atoms with Gasteiger partial charge in [-0.05, 0) is 55.8 Å². The molecule has 5 aliphatic rings. The van der Waals surface area contributed by atoms with Crippen LogP contribution in [0.4, 0.5) is 19.0 Å². The van der Waals surface area contributed by atoms with Crippen molar-refractivity contribution in [1.82, 2.24) is 25.2 Å². The summed E-state index contributed by atoms with van der Waals surface area (Å²) in [5, 5.41) is 15.0. The van der Waals surface area contributed by atoms with E-state index in [2.05, 4.69) is 26.1 Å². The van der Waals surface area contributed by atoms with Crippen molar-refractivity contribution in [2.75, 3.05) is 37.6 Å². The Kier molecular flexibility index (Phi) is 5.62. The minimum absolute atomic E-state index is 0.0290. The number of alkyl halides is 1. The fourth-order valence-corrected chi connectivity index (χ4v) is 7.47. The first-order valence-corrected chi connectivity index (χ1v) is 14.9. The van der Waals surface area contributed by atoms with Crippen molar-refractivity contribution in [2.45, 2.75) is 55.9 Å². The summed E-state index contributed by atoms with van der Waals surface area (Å²) in [5.74, 6) is 1.14. The number of aromatic nitrogens is 3. The van der Waals surface area contributed by atoms with Crippen molar-refractivity contribution in [1.29, 1.82) is 0 Å². The van der Waals surface area contributed by atoms with Crippen molar-refractivity contribution in [2.24, 2.45) is 0 Å². The van der Waals surface area contributed by atoms with Crippen LogP contribution in [0.2, 0.25) is 0 Å². The van der Waals surface area contributed by atoms with Crippen LogP contribution in [0.3, 0.4) is 0 Å². The molecule has 226 valence electrons. The number of anilines is 1. The molecule has 0 saturated carbocycles. The van der Waals surface area contributed by atoms with E-state index in [9.17, 15) is 13.9 Å². The van der Waals surface area contributed by atoms with Gasteiger partial charge in [-0.3, -0.25) is 9.88 Å². The fraction of sp³-hybridized carbons (Fsp3) is 0.424. The molecule has 0 amide bonds. The number of hydrogen-bond acceptors (Lipinski definition) is 8. The van der Waals surface area contributed by atoms with E-state index in [-0.39, 0.29) is 77.6 Å². The summed E-state index contributed by atoms with van der Waals surface area (Å²) in [7, 11) is 0. The number of piperazine rings is 1. The molecule has 2 aromatic carbocycles. The van der Waals surface area contributed by atoms with Crippen LogP contribution in [0.5, 0.6) is 11.8 Å². The van der Waals surface area contributed by atoms with Gasteiger partial charge in [-0.1, -0.05) is 12.0 Å². The summed E-state index contributed by atoms with van der Waals surface area (Å²) in [5.41, 5.74) is -1.24. The maximum absolute atomic E-state index is 16.9. The molecule has 9 rings (SSSR count). The molecule has 2 bridgehead atoms. The lowest BCUT2D eigenvalue weighted by Crippen LogP contribution is -2.61. The Morgan fingerprint density at radius 1 is 1.25 bits per heavy atom. The third-order valence-electron chi connectivity index (χ3n) is 9.61. The van der Waals surface area contributed by atoms with E-state index in [0.29, 0.717) is 29.6 Å². The molecular weight excluding hydrogens is 569 g/mol. The molecule has 4 aromatic rings. The number of piperidine rings is 2. The van der Waals surface area contributed by atoms with Crippen LogP contribution >= 0.6 is 0 Å². The van der Waals surface area contributed by atoms with Crippen LogP contribution in [0.25, 0.3) is 32.9 Å². The van der Waals surface area contributed by atoms with Crippen molar-refractivity contribution in [3.05, 3.63) is 47.7 Å². The number of aromatic hydroxyl groups is 1. The monoisotopic (exact) mass is 603 g/mol. The Balaban J connectivity index is 1.28. The minimum Gasteiger partial charge on any atom is -0.508 e. The lowest BCUT2D eigenvalue weighted by atomic mass is 9.92. The molecule has 5 saturated heterocycles. The maximum Gasteiger partial charge on any atom is 0.319 e. The molecule has 0 radical (unpaired) electrons. The number of hydrogen-bond donors (Lipinski definition) is 2. The normalized spacial score (nSPS) is 28.4. The third-order valence-corrected chi connectivity index (χ3v) is 9.61. The summed E-state index contributed by atoms with van der Waals surface area (Å²) < 4.78 is 76.8. The van der Waals surface area contributed by atoms with Crippen LogP contribution in [0.1, 0.15) is 41.8 Å². The molecule has 5 fully saturated rings. The van der Waals surface area contributed by atoms with Gasteiger partial charge in [0.2, 0.25) is 0 Å². The number of ether oxygens (including phenoxy) is 1. The number of pyridine rings is 1. The molecule has 4 atom stereocenters. The number of phenolic OH excluding ortho intramolecular Hbond substituents is 1. The third kappa shape index (κ3) is 4.26. The number of nitrogens with zero attached hydrogens (tertiary/aromatic N) is 5. The fourth-order valence-electron chi connectivity index (χ4n) is 7.47. The van der Waals surface area contributed by atoms with Crippen LogP contribution < -0.4 is 15.0 Å². The van der Waals surface area contributed by atoms with Gasteiger partial charge in [0.1, 0.15) is 42.7 Å². The Morgan fingerprint density at radius 2 is 2.16 bits per heavy atom. The van der Waals surface area contributed by atoms with Gasteiger partial charge in [-0.25, -0.2) is 13.2 Å². The van der Waals surface area contributed by atoms with Crippen LogP contribution in [-0.4, -0.2) is 81.5 Å². The Bertz CT molecular complexity index is 2000. The highest BCUT2D eigenvalue weighted by molar-refractivity contribution is 6.03. The van der Waals surface area contributed by atoms with Gasteiger partial charge in [-0.15, -0.1) is 6.40 Å². The zero-order chi connectivity index (χ0) is 32.7. The standard InChI is InChI=1S/C33H31F3N6O2/c1-2-23-26(35)7-4-18-10-22(43)11-24(27(18)23)29-28(36)30-25(14-38-29)31(42-16-20-5-6-21(42)13-37-20)40-32(39-30)44-17-33-8-3-9-41(33)15-19(34)12-33/h1,4,7,10-11,14,19-21,37,43H,3,5-6,8-9,12-13,15-17H2/t19-,20?,21?,33+/m1/s1/i1D,9D2. The van der Waals surface area contributed by atoms with Crippen LogP contribution in [0.15, 0.2) is 30.5 Å². The summed E-state index contributed by atoms with van der Waals surface area (Å²) in [6.45, 7) is -0.410. The average Bonchev–Trinajstić information content (AvgIpc) is 3.53. The molecule has 2 unspecified atom stereocenters. The van der Waals surface area contributed by atoms with Gasteiger partial charge in [0.05, 0.1) is 16.5 Å². The number of terminal acetylenes is 1. The van der Waals surface area contributed by atoms with Crippen LogP contribution in [-0.2, 0) is 0 Å². The molecule has 8 nitrogen and oxygen atoms in total. The van der Waals surface area contributed by atoms with Crippen molar-refractivity contribution in [3.63, 3.8) is 0 Å². The number of rotatable bonds is 5. The molecule has 2 aromatic heterocycles. The highest BCUT2D eigenvalue weighted by Crippen LogP contribution is 2.42. The van der Waals surface area contributed by atoms with Gasteiger partial charge in [0.25, 0.3) is 0 Å². The van der Waals surface area contributed by atoms with Crippen molar-refractivity contribution < 1.29 is 27.1 Å². The van der Waals surface area contributed by atoms with Crippen LogP contribution in [0, 0.1) is 24.0 Å². The second-order valence-electron chi connectivity index (χ2n) is 12.2. The highest BCUT2D eigenvalue weighted by atomic mass is 19.1. The molecular formula is C33H31F3N6O2. The Labute approximate surface area is 256 Å². The first-order chi connectivity index (χ1) is 22.6. The van der Waals surface area contributed by atoms with Gasteiger partial charge < -0.3 is 20.1 Å². The zero-order valence-electron chi connectivity index (χ0n) is 26.7. The van der Waals surface area contributed by atoms with E-state index in [1.54, 1.807) is 0 Å². The SMILES string of the molecule is [2H]C#Cc1c(F)ccc2cc(O)cc(-c3ncc4c(N5CC6CCC5CN6)nc(OC[C@@]56CCC([2H])([2H])N5C[C@H](F)C6)nc4c3F)c12. The second-order valence-corrected chi connectivity index (χ2v) is 12.2. The Morgan fingerprint density at radius 3 is 2.95 bits per heavy atom. The second kappa shape index (κ2) is 10.2. The van der Waals surface area contributed by atoms with E-state index in [1.165, 1.54) is 35.4 Å². The minimum atomic E-state index is -1.67. The Hall–Kier alpha value is -4.14. The molecule has 5 aliphatic heterocycles. The van der Waals surface area contributed by atoms with Crippen molar-refractivity contribution >= 4 is 27.5 Å². The molecule has 0 spiro atoms. The molecule has 11 heteroatoms. The van der Waals surface area contributed by atoms with E-state index < -0.39 is 29.8 Å². The van der Waals surface area contributed by atoms with E-state index >= 15 is 4.39 Å². The summed E-state index contributed by atoms with van der Waals surface area (Å²) >= 11 is 0.